The Bertz CT molecular complexity index is 289. The predicted molar refractivity (Wildman–Crippen MR) is 56.8 cm³/mol. The number of amides is 1. The lowest BCUT2D eigenvalue weighted by Gasteiger charge is -2.02. The second kappa shape index (κ2) is 6.89. The van der Waals surface area contributed by atoms with E-state index in [0.717, 1.165) is 25.1 Å². The molecule has 0 spiro atoms. The van der Waals surface area contributed by atoms with Crippen LogP contribution in [0, 0.1) is 0 Å². The van der Waals surface area contributed by atoms with Crippen molar-refractivity contribution >= 4 is 5.91 Å². The molecule has 0 saturated heterocycles. The molecule has 0 radical (unpaired) electrons. The first-order valence-corrected chi connectivity index (χ1v) is 5.03. The third kappa shape index (κ3) is 5.74. The molecule has 0 saturated carbocycles. The first-order valence-electron chi connectivity index (χ1n) is 5.03. The van der Waals surface area contributed by atoms with Crippen LogP contribution in [-0.2, 0) is 11.3 Å². The van der Waals surface area contributed by atoms with Crippen LogP contribution in [0.5, 0.6) is 0 Å². The summed E-state index contributed by atoms with van der Waals surface area (Å²) in [7, 11) is 0. The molecule has 0 aliphatic carbocycles. The first-order chi connectivity index (χ1) is 7.29. The molecule has 0 fully saturated rings. The summed E-state index contributed by atoms with van der Waals surface area (Å²) in [5.41, 5.74) is 5.94. The summed E-state index contributed by atoms with van der Waals surface area (Å²) in [6, 6.07) is 0. The van der Waals surface area contributed by atoms with Crippen molar-refractivity contribution in [3.8, 4) is 0 Å². The number of rotatable bonds is 7. The highest BCUT2D eigenvalue weighted by molar-refractivity contribution is 5.73. The van der Waals surface area contributed by atoms with Crippen molar-refractivity contribution in [2.24, 2.45) is 5.73 Å². The van der Waals surface area contributed by atoms with Gasteiger partial charge >= 0.3 is 0 Å². The second-order valence-electron chi connectivity index (χ2n) is 3.30. The van der Waals surface area contributed by atoms with Crippen molar-refractivity contribution in [2.75, 3.05) is 6.54 Å². The minimum atomic E-state index is -0.232. The van der Waals surface area contributed by atoms with Crippen molar-refractivity contribution < 1.29 is 4.79 Å². The maximum Gasteiger partial charge on any atom is 0.217 e. The van der Waals surface area contributed by atoms with Crippen LogP contribution in [0.25, 0.3) is 0 Å². The van der Waals surface area contributed by atoms with E-state index in [9.17, 15) is 4.79 Å². The van der Waals surface area contributed by atoms with E-state index < -0.39 is 0 Å². The van der Waals surface area contributed by atoms with E-state index in [1.165, 1.54) is 0 Å². The highest BCUT2D eigenvalue weighted by atomic mass is 16.1. The van der Waals surface area contributed by atoms with Crippen LogP contribution < -0.4 is 11.1 Å². The lowest BCUT2D eigenvalue weighted by Crippen LogP contribution is -2.16. The minimum Gasteiger partial charge on any atom is -0.370 e. The number of nitrogens with two attached hydrogens (primary N) is 1. The normalized spacial score (nSPS) is 10.1. The van der Waals surface area contributed by atoms with E-state index in [4.69, 9.17) is 5.73 Å². The Hall–Kier alpha value is -1.49. The molecule has 1 aromatic rings. The summed E-state index contributed by atoms with van der Waals surface area (Å²) in [4.78, 5) is 18.5. The molecule has 5 nitrogen and oxygen atoms in total. The molecule has 5 heteroatoms. The van der Waals surface area contributed by atoms with Crippen LogP contribution in [0.1, 0.15) is 25.0 Å². The van der Waals surface area contributed by atoms with Crippen LogP contribution in [0.4, 0.5) is 0 Å². The van der Waals surface area contributed by atoms with Gasteiger partial charge in [-0.15, -0.1) is 0 Å². The standard InChI is InChI=1S/C10H16N4O/c11-10(15)3-1-2-4-12-7-9-8-13-5-6-14-9/h5-6,8,12H,1-4,7H2,(H2,11,15). The topological polar surface area (TPSA) is 80.9 Å². The van der Waals surface area contributed by atoms with E-state index in [1.807, 2.05) is 0 Å². The van der Waals surface area contributed by atoms with Gasteiger partial charge in [0.05, 0.1) is 5.69 Å². The fourth-order valence-electron chi connectivity index (χ4n) is 1.19. The predicted octanol–water partition coefficient (Wildman–Crippen LogP) is 0.222. The zero-order valence-electron chi connectivity index (χ0n) is 8.65. The monoisotopic (exact) mass is 208 g/mol. The van der Waals surface area contributed by atoms with Gasteiger partial charge in [-0.1, -0.05) is 0 Å². The van der Waals surface area contributed by atoms with Gasteiger partial charge in [0.25, 0.3) is 0 Å². The van der Waals surface area contributed by atoms with Crippen LogP contribution in [0.15, 0.2) is 18.6 Å². The Labute approximate surface area is 89.1 Å². The lowest BCUT2D eigenvalue weighted by molar-refractivity contribution is -0.118. The van der Waals surface area contributed by atoms with Gasteiger partial charge in [0.15, 0.2) is 0 Å². The number of carbonyl (C=O) groups is 1. The van der Waals surface area contributed by atoms with Gasteiger partial charge in [0.2, 0.25) is 5.91 Å². The third-order valence-electron chi connectivity index (χ3n) is 1.95. The maximum atomic E-state index is 10.4. The Morgan fingerprint density at radius 1 is 1.40 bits per heavy atom. The number of carbonyl (C=O) groups excluding carboxylic acids is 1. The van der Waals surface area contributed by atoms with E-state index in [-0.39, 0.29) is 5.91 Å². The molecular weight excluding hydrogens is 192 g/mol. The van der Waals surface area contributed by atoms with Gasteiger partial charge < -0.3 is 11.1 Å². The molecule has 1 heterocycles. The summed E-state index contributed by atoms with van der Waals surface area (Å²) in [5, 5.41) is 3.22. The summed E-state index contributed by atoms with van der Waals surface area (Å²) < 4.78 is 0. The molecule has 1 rings (SSSR count). The van der Waals surface area contributed by atoms with E-state index >= 15 is 0 Å². The molecule has 0 unspecified atom stereocenters. The quantitative estimate of drug-likeness (QED) is 0.628. The van der Waals surface area contributed by atoms with E-state index in [2.05, 4.69) is 15.3 Å². The number of nitrogens with one attached hydrogen (secondary N) is 1. The number of primary amides is 1. The lowest BCUT2D eigenvalue weighted by atomic mass is 10.2. The molecule has 0 aromatic carbocycles. The molecular formula is C10H16N4O. The molecule has 3 N–H and O–H groups in total. The maximum absolute atomic E-state index is 10.4. The number of hydrogen-bond donors (Lipinski definition) is 2. The van der Waals surface area contributed by atoms with E-state index in [1.54, 1.807) is 18.6 Å². The average Bonchev–Trinajstić information content (AvgIpc) is 2.24. The molecule has 0 bridgehead atoms. The van der Waals surface area contributed by atoms with Crippen molar-refractivity contribution in [1.82, 2.24) is 15.3 Å². The summed E-state index contributed by atoms with van der Waals surface area (Å²) in [6.07, 6.45) is 7.30. The van der Waals surface area contributed by atoms with Gasteiger partial charge in [-0.25, -0.2) is 0 Å². The average molecular weight is 208 g/mol. The van der Waals surface area contributed by atoms with Gasteiger partial charge in [-0.2, -0.15) is 0 Å². The number of unbranched alkanes of at least 4 members (excludes halogenated alkanes) is 1. The molecule has 1 amide bonds. The van der Waals surface area contributed by atoms with Gasteiger partial charge in [0, 0.05) is 31.6 Å². The van der Waals surface area contributed by atoms with Gasteiger partial charge in [-0.3, -0.25) is 14.8 Å². The van der Waals surface area contributed by atoms with Crippen molar-refractivity contribution in [1.29, 1.82) is 0 Å². The van der Waals surface area contributed by atoms with Crippen LogP contribution >= 0.6 is 0 Å². The molecule has 0 aliphatic heterocycles. The zero-order valence-corrected chi connectivity index (χ0v) is 8.65. The fraction of sp³-hybridized carbons (Fsp3) is 0.500. The Kier molecular flexibility index (Phi) is 5.32. The number of hydrogen-bond acceptors (Lipinski definition) is 4. The fourth-order valence-corrected chi connectivity index (χ4v) is 1.19. The van der Waals surface area contributed by atoms with Gasteiger partial charge in [0.1, 0.15) is 0 Å². The Morgan fingerprint density at radius 2 is 2.27 bits per heavy atom. The molecule has 15 heavy (non-hydrogen) atoms. The van der Waals surface area contributed by atoms with Crippen LogP contribution in [-0.4, -0.2) is 22.4 Å². The number of aromatic nitrogens is 2. The number of nitrogens with zero attached hydrogens (tertiary/aromatic N) is 2. The van der Waals surface area contributed by atoms with Gasteiger partial charge in [-0.05, 0) is 19.4 Å². The molecule has 1 aromatic heterocycles. The molecule has 82 valence electrons. The molecule has 0 atom stereocenters. The first kappa shape index (κ1) is 11.6. The third-order valence-corrected chi connectivity index (χ3v) is 1.95. The SMILES string of the molecule is NC(=O)CCCCNCc1cnccn1. The van der Waals surface area contributed by atoms with E-state index in [0.29, 0.717) is 13.0 Å². The smallest absolute Gasteiger partial charge is 0.217 e. The zero-order chi connectivity index (χ0) is 10.9. The highest BCUT2D eigenvalue weighted by Crippen LogP contribution is 1.93. The van der Waals surface area contributed by atoms with Crippen molar-refractivity contribution in [3.63, 3.8) is 0 Å². The molecule has 0 aliphatic rings. The highest BCUT2D eigenvalue weighted by Gasteiger charge is 1.95. The minimum absolute atomic E-state index is 0.232. The Balaban J connectivity index is 2.00. The van der Waals surface area contributed by atoms with Crippen molar-refractivity contribution in [3.05, 3.63) is 24.3 Å². The van der Waals surface area contributed by atoms with Crippen molar-refractivity contribution in [2.45, 2.75) is 25.8 Å². The summed E-state index contributed by atoms with van der Waals surface area (Å²) >= 11 is 0. The Morgan fingerprint density at radius 3 is 2.93 bits per heavy atom. The van der Waals surface area contributed by atoms with Crippen LogP contribution in [0.2, 0.25) is 0 Å². The van der Waals surface area contributed by atoms with Crippen LogP contribution in [0.3, 0.4) is 0 Å². The second-order valence-corrected chi connectivity index (χ2v) is 3.30. The largest absolute Gasteiger partial charge is 0.370 e. The summed E-state index contributed by atoms with van der Waals surface area (Å²) in [5.74, 6) is -0.232. The summed E-state index contributed by atoms with van der Waals surface area (Å²) in [6.45, 7) is 1.58.